The van der Waals surface area contributed by atoms with Crippen molar-refractivity contribution in [1.29, 1.82) is 0 Å². The zero-order valence-corrected chi connectivity index (χ0v) is 24.1. The molecule has 0 saturated carbocycles. The largest absolute Gasteiger partial charge is 0.502 e. The van der Waals surface area contributed by atoms with E-state index in [4.69, 9.17) is 43.6 Å². The molecule has 0 amide bonds. The lowest BCUT2D eigenvalue weighted by molar-refractivity contribution is -0.295. The predicted molar refractivity (Wildman–Crippen MR) is 147 cm³/mol. The van der Waals surface area contributed by atoms with Crippen molar-refractivity contribution in [3.05, 3.63) is 41.0 Å². The lowest BCUT2D eigenvalue weighted by atomic mass is 9.67. The Kier molecular flexibility index (Phi) is 7.07. The summed E-state index contributed by atoms with van der Waals surface area (Å²) in [4.78, 5) is 13.5. The van der Waals surface area contributed by atoms with Crippen molar-refractivity contribution in [2.24, 2.45) is 17.6 Å². The summed E-state index contributed by atoms with van der Waals surface area (Å²) < 4.78 is 45.9. The molecule has 3 saturated heterocycles. The lowest BCUT2D eigenvalue weighted by Crippen LogP contribution is -2.64. The highest BCUT2D eigenvalue weighted by Gasteiger charge is 2.55. The molecule has 3 fully saturated rings. The molecule has 10 atom stereocenters. The van der Waals surface area contributed by atoms with Gasteiger partial charge in [0, 0.05) is 17.1 Å². The number of methoxy groups -OCH3 is 2. The van der Waals surface area contributed by atoms with Gasteiger partial charge in [-0.3, -0.25) is 4.79 Å². The van der Waals surface area contributed by atoms with Crippen LogP contribution in [0.15, 0.2) is 24.3 Å². The first kappa shape index (κ1) is 27.9. The number of hydrogen-bond donors (Lipinski definition) is 3. The fourth-order valence-electron chi connectivity index (χ4n) is 6.78. The summed E-state index contributed by atoms with van der Waals surface area (Å²) in [6.07, 6.45) is -2.52. The summed E-state index contributed by atoms with van der Waals surface area (Å²) in [5.74, 6) is -0.155. The van der Waals surface area contributed by atoms with Crippen LogP contribution in [0.1, 0.15) is 34.8 Å². The Morgan fingerprint density at radius 3 is 2.36 bits per heavy atom. The van der Waals surface area contributed by atoms with Gasteiger partial charge in [0.2, 0.25) is 12.5 Å². The molecule has 0 radical (unpaired) electrons. The molecule has 0 spiro atoms. The Bertz CT molecular complexity index is 1360. The number of carbonyl (C=O) groups excluding carboxylic acids is 1. The van der Waals surface area contributed by atoms with E-state index in [0.717, 1.165) is 11.1 Å². The van der Waals surface area contributed by atoms with Gasteiger partial charge in [-0.15, -0.1) is 11.8 Å². The van der Waals surface area contributed by atoms with Crippen molar-refractivity contribution in [2.75, 3.05) is 34.2 Å². The summed E-state index contributed by atoms with van der Waals surface area (Å²) in [6, 6.07) is 6.53. The smallest absolute Gasteiger partial charge is 0.310 e. The van der Waals surface area contributed by atoms with Crippen molar-refractivity contribution in [3.8, 4) is 28.7 Å². The van der Waals surface area contributed by atoms with Gasteiger partial charge in [-0.25, -0.2) is 0 Å². The van der Waals surface area contributed by atoms with Crippen LogP contribution in [0.2, 0.25) is 0 Å². The van der Waals surface area contributed by atoms with Crippen LogP contribution in [0, 0.1) is 11.8 Å². The second-order valence-electron chi connectivity index (χ2n) is 11.1. The zero-order valence-electron chi connectivity index (χ0n) is 23.3. The zero-order chi connectivity index (χ0) is 29.3. The van der Waals surface area contributed by atoms with Gasteiger partial charge in [-0.05, 0) is 47.9 Å². The monoisotopic (exact) mass is 603 g/mol. The summed E-state index contributed by atoms with van der Waals surface area (Å²) in [6.45, 7) is 2.32. The van der Waals surface area contributed by atoms with E-state index in [0.29, 0.717) is 17.1 Å². The average molecular weight is 604 g/mol. The van der Waals surface area contributed by atoms with Crippen molar-refractivity contribution in [2.45, 2.75) is 54.2 Å². The Labute approximate surface area is 246 Å². The predicted octanol–water partition coefficient (Wildman–Crippen LogP) is 2.02. The molecule has 42 heavy (non-hydrogen) atoms. The van der Waals surface area contributed by atoms with Crippen LogP contribution in [-0.2, 0) is 23.7 Å². The van der Waals surface area contributed by atoms with E-state index in [2.05, 4.69) is 0 Å². The molecule has 4 heterocycles. The quantitative estimate of drug-likeness (QED) is 0.427. The third-order valence-electron chi connectivity index (χ3n) is 8.83. The van der Waals surface area contributed by atoms with Crippen molar-refractivity contribution in [1.82, 2.24) is 0 Å². The Balaban J connectivity index is 1.32. The second kappa shape index (κ2) is 10.6. The van der Waals surface area contributed by atoms with Gasteiger partial charge in [0.25, 0.3) is 0 Å². The van der Waals surface area contributed by atoms with Gasteiger partial charge in [-0.2, -0.15) is 0 Å². The minimum absolute atomic E-state index is 0.0841. The van der Waals surface area contributed by atoms with Gasteiger partial charge < -0.3 is 53.8 Å². The van der Waals surface area contributed by atoms with Crippen LogP contribution in [-0.4, -0.2) is 86.5 Å². The second-order valence-corrected chi connectivity index (χ2v) is 12.3. The molecular formula is C29H33NO11S. The molecule has 0 bridgehead atoms. The molecule has 226 valence electrons. The number of nitrogens with two attached hydrogens (primary N) is 1. The standard InChI is InChI=1S/C29H33NO11S/c1-11-36-9-20-26(40-11)25(32)23(30)29(41-20)42-27-14-7-17-16(38-10-39-17)6-13(14)21(22-15(27)8-37-28(22)33)12-4-18(34-2)24(31)19(5-12)35-3/h4-7,11,15,20-23,25-27,29,31-32H,8-10,30H2,1-3H3/t11?,15-,20+,21-,22-,23+,25+,26+,27+,29-/m0/s1. The van der Waals surface area contributed by atoms with Gasteiger partial charge in [-0.1, -0.05) is 0 Å². The van der Waals surface area contributed by atoms with Crippen LogP contribution in [0.4, 0.5) is 0 Å². The molecular weight excluding hydrogens is 570 g/mol. The van der Waals surface area contributed by atoms with E-state index in [-0.39, 0.29) is 54.4 Å². The molecule has 0 aromatic heterocycles. The molecule has 2 aromatic rings. The number of thioether (sulfide) groups is 1. The van der Waals surface area contributed by atoms with Gasteiger partial charge in [0.1, 0.15) is 23.7 Å². The van der Waals surface area contributed by atoms with E-state index < -0.39 is 47.9 Å². The van der Waals surface area contributed by atoms with Crippen molar-refractivity contribution in [3.63, 3.8) is 0 Å². The number of esters is 1. The van der Waals surface area contributed by atoms with Crippen LogP contribution < -0.4 is 24.7 Å². The first-order valence-electron chi connectivity index (χ1n) is 13.9. The Morgan fingerprint density at radius 2 is 1.67 bits per heavy atom. The normalized spacial score (nSPS) is 36.5. The Hall–Kier alpha value is -2.94. The molecule has 1 unspecified atom stereocenters. The van der Waals surface area contributed by atoms with Crippen LogP contribution in [0.5, 0.6) is 28.7 Å². The van der Waals surface area contributed by atoms with Crippen molar-refractivity contribution >= 4 is 17.7 Å². The minimum Gasteiger partial charge on any atom is -0.502 e. The molecule has 7 rings (SSSR count). The summed E-state index contributed by atoms with van der Waals surface area (Å²) in [5, 5.41) is 21.4. The molecule has 12 nitrogen and oxygen atoms in total. The SMILES string of the molecule is COc1cc([C@H]2c3cc4c(cc3[C@@H](S[C@@H]3O[C@@H]5COC(C)O[C@H]5[C@H](O)[C@H]3N)[C@H]3COC(=O)[C@H]23)OCO4)cc(OC)c1O. The number of hydrogen-bond acceptors (Lipinski definition) is 13. The number of fused-ring (bicyclic) bond motifs is 4. The molecule has 1 aliphatic carbocycles. The van der Waals surface area contributed by atoms with Crippen molar-refractivity contribution < 1.29 is 52.9 Å². The summed E-state index contributed by atoms with van der Waals surface area (Å²) in [7, 11) is 2.92. The molecule has 5 aliphatic rings. The number of phenols is 1. The first-order chi connectivity index (χ1) is 20.3. The van der Waals surface area contributed by atoms with Gasteiger partial charge in [0.15, 0.2) is 29.3 Å². The third kappa shape index (κ3) is 4.37. The average Bonchev–Trinajstić information content (AvgIpc) is 3.61. The fourth-order valence-corrected chi connectivity index (χ4v) is 8.42. The van der Waals surface area contributed by atoms with E-state index in [1.54, 1.807) is 19.1 Å². The van der Waals surface area contributed by atoms with E-state index in [1.807, 2.05) is 12.1 Å². The first-order valence-corrected chi connectivity index (χ1v) is 14.8. The molecule has 4 N–H and O–H groups in total. The number of ether oxygens (including phenoxy) is 8. The third-order valence-corrected chi connectivity index (χ3v) is 10.4. The van der Waals surface area contributed by atoms with Crippen LogP contribution in [0.25, 0.3) is 0 Å². The maximum Gasteiger partial charge on any atom is 0.310 e. The fraction of sp³-hybridized carbons (Fsp3) is 0.552. The van der Waals surface area contributed by atoms with E-state index >= 15 is 0 Å². The molecule has 4 aliphatic heterocycles. The number of aliphatic hydroxyl groups is 1. The summed E-state index contributed by atoms with van der Waals surface area (Å²) in [5.41, 5.74) is 8.40. The lowest BCUT2D eigenvalue weighted by Gasteiger charge is -2.48. The number of aromatic hydroxyl groups is 1. The number of benzene rings is 2. The maximum absolute atomic E-state index is 13.5. The number of cyclic esters (lactones) is 1. The van der Waals surface area contributed by atoms with Crippen LogP contribution in [0.3, 0.4) is 0 Å². The van der Waals surface area contributed by atoms with E-state index in [9.17, 15) is 15.0 Å². The number of carbonyl (C=O) groups is 1. The number of phenolic OH excluding ortho intramolecular Hbond substituents is 1. The number of rotatable bonds is 5. The highest BCUT2D eigenvalue weighted by atomic mass is 32.2. The summed E-state index contributed by atoms with van der Waals surface area (Å²) >= 11 is 1.46. The minimum atomic E-state index is -0.964. The Morgan fingerprint density at radius 1 is 0.976 bits per heavy atom. The number of aliphatic hydroxyl groups excluding tert-OH is 1. The van der Waals surface area contributed by atoms with Gasteiger partial charge >= 0.3 is 5.97 Å². The highest BCUT2D eigenvalue weighted by Crippen LogP contribution is 2.60. The van der Waals surface area contributed by atoms with E-state index in [1.165, 1.54) is 26.0 Å². The maximum atomic E-state index is 13.5. The molecule has 2 aromatic carbocycles. The molecule has 13 heteroatoms. The topological polar surface area (TPSA) is 157 Å². The van der Waals surface area contributed by atoms with Gasteiger partial charge in [0.05, 0.1) is 39.4 Å². The highest BCUT2D eigenvalue weighted by molar-refractivity contribution is 8.00. The van der Waals surface area contributed by atoms with Crippen LogP contribution >= 0.6 is 11.8 Å².